The molecule has 1 atom stereocenters. The molecule has 0 saturated heterocycles. The molecule has 2 aromatic rings. The van der Waals surface area contributed by atoms with Crippen molar-refractivity contribution in [2.75, 3.05) is 11.9 Å². The van der Waals surface area contributed by atoms with Crippen LogP contribution in [0.1, 0.15) is 11.3 Å². The maximum absolute atomic E-state index is 13.9. The molecule has 142 valence electrons. The zero-order valence-electron chi connectivity index (χ0n) is 13.5. The van der Waals surface area contributed by atoms with Crippen molar-refractivity contribution < 1.29 is 27.5 Å². The maximum atomic E-state index is 13.9. The monoisotopic (exact) mass is 400 g/mol. The average Bonchev–Trinajstić information content (AvgIpc) is 2.60. The van der Waals surface area contributed by atoms with Gasteiger partial charge in [0, 0.05) is 16.8 Å². The zero-order valence-corrected chi connectivity index (χ0v) is 14.3. The van der Waals surface area contributed by atoms with Crippen molar-refractivity contribution in [2.24, 2.45) is 0 Å². The summed E-state index contributed by atoms with van der Waals surface area (Å²) >= 11 is 5.82. The summed E-state index contributed by atoms with van der Waals surface area (Å²) in [4.78, 5) is 23.8. The number of cyclic esters (lactones) is 1. The molecule has 0 spiro atoms. The number of benzene rings is 1. The van der Waals surface area contributed by atoms with Crippen LogP contribution < -0.4 is 10.6 Å². The van der Waals surface area contributed by atoms with Gasteiger partial charge in [-0.25, -0.2) is 4.79 Å². The largest absolute Gasteiger partial charge is 0.434 e. The third-order valence-electron chi connectivity index (χ3n) is 3.88. The van der Waals surface area contributed by atoms with E-state index in [1.54, 1.807) is 6.07 Å². The Morgan fingerprint density at radius 3 is 2.78 bits per heavy atom. The minimum atomic E-state index is -5.01. The van der Waals surface area contributed by atoms with Crippen LogP contribution in [0.5, 0.6) is 0 Å². The Labute approximate surface area is 155 Å². The van der Waals surface area contributed by atoms with Crippen LogP contribution in [-0.4, -0.2) is 34.9 Å². The lowest BCUT2D eigenvalue weighted by molar-refractivity contribution is -0.262. The number of halogens is 4. The molecule has 27 heavy (non-hydrogen) atoms. The number of carbonyl (C=O) groups excluding carboxylic acids is 2. The van der Waals surface area contributed by atoms with Crippen molar-refractivity contribution in [3.8, 4) is 0 Å². The Bertz CT molecular complexity index is 879. The van der Waals surface area contributed by atoms with Gasteiger partial charge in [0.1, 0.15) is 0 Å². The van der Waals surface area contributed by atoms with Crippen molar-refractivity contribution >= 4 is 29.3 Å². The molecule has 0 bridgehead atoms. The number of hydrogen-bond acceptors (Lipinski definition) is 5. The Kier molecular flexibility index (Phi) is 4.92. The molecule has 0 saturated carbocycles. The number of rotatable bonds is 4. The molecule has 0 radical (unpaired) electrons. The highest BCUT2D eigenvalue weighted by atomic mass is 35.5. The fourth-order valence-corrected chi connectivity index (χ4v) is 2.80. The van der Waals surface area contributed by atoms with Crippen molar-refractivity contribution in [2.45, 2.75) is 18.2 Å². The quantitative estimate of drug-likeness (QED) is 0.823. The second-order valence-electron chi connectivity index (χ2n) is 5.70. The van der Waals surface area contributed by atoms with Crippen molar-refractivity contribution in [1.82, 2.24) is 15.5 Å². The lowest BCUT2D eigenvalue weighted by atomic mass is 9.89. The van der Waals surface area contributed by atoms with Crippen LogP contribution in [0.3, 0.4) is 0 Å². The van der Waals surface area contributed by atoms with E-state index in [2.05, 4.69) is 25.6 Å². The van der Waals surface area contributed by atoms with Crippen LogP contribution in [0.25, 0.3) is 0 Å². The zero-order chi connectivity index (χ0) is 19.7. The summed E-state index contributed by atoms with van der Waals surface area (Å²) in [5.41, 5.74) is -3.30. The third kappa shape index (κ3) is 3.80. The number of amides is 2. The number of nitrogens with one attached hydrogen (secondary N) is 2. The van der Waals surface area contributed by atoms with Gasteiger partial charge in [0.2, 0.25) is 5.91 Å². The first kappa shape index (κ1) is 18.9. The molecule has 1 aliphatic rings. The fraction of sp³-hybridized carbons (Fsp3) is 0.250. The van der Waals surface area contributed by atoms with E-state index in [1.165, 1.54) is 24.4 Å². The van der Waals surface area contributed by atoms with Gasteiger partial charge in [0.05, 0.1) is 24.3 Å². The molecule has 1 aliphatic heterocycles. The van der Waals surface area contributed by atoms with Gasteiger partial charge in [-0.15, -0.1) is 0 Å². The Balaban J connectivity index is 1.90. The number of ether oxygens (including phenoxy) is 1. The average molecular weight is 401 g/mol. The van der Waals surface area contributed by atoms with Gasteiger partial charge in [0.25, 0.3) is 5.60 Å². The van der Waals surface area contributed by atoms with Crippen LogP contribution in [0, 0.1) is 0 Å². The minimum absolute atomic E-state index is 0.0213. The highest BCUT2D eigenvalue weighted by molar-refractivity contribution is 6.30. The van der Waals surface area contributed by atoms with Gasteiger partial charge in [0.15, 0.2) is 0 Å². The highest BCUT2D eigenvalue weighted by Crippen LogP contribution is 2.47. The Morgan fingerprint density at radius 2 is 2.11 bits per heavy atom. The summed E-state index contributed by atoms with van der Waals surface area (Å²) < 4.78 is 46.5. The third-order valence-corrected chi connectivity index (χ3v) is 4.12. The predicted molar refractivity (Wildman–Crippen MR) is 88.0 cm³/mol. The summed E-state index contributed by atoms with van der Waals surface area (Å²) in [6, 6.07) is 6.66. The van der Waals surface area contributed by atoms with Gasteiger partial charge >= 0.3 is 12.3 Å². The lowest BCUT2D eigenvalue weighted by Crippen LogP contribution is -2.56. The summed E-state index contributed by atoms with van der Waals surface area (Å²) in [5, 5.41) is 11.6. The SMILES string of the molecule is O=C(Cc1cccnn1)NCC1(C(F)(F)F)OC(=O)Nc2ccc(Cl)cc21. The second kappa shape index (κ2) is 7.03. The molecule has 1 unspecified atom stereocenters. The van der Waals surface area contributed by atoms with Crippen molar-refractivity contribution in [1.29, 1.82) is 0 Å². The first-order chi connectivity index (χ1) is 12.7. The second-order valence-corrected chi connectivity index (χ2v) is 6.13. The van der Waals surface area contributed by atoms with Crippen LogP contribution in [0.2, 0.25) is 5.02 Å². The molecule has 7 nitrogen and oxygen atoms in total. The molecule has 2 N–H and O–H groups in total. The van der Waals surface area contributed by atoms with Crippen LogP contribution in [-0.2, 0) is 21.6 Å². The number of nitrogens with zero attached hydrogens (tertiary/aromatic N) is 2. The lowest BCUT2D eigenvalue weighted by Gasteiger charge is -2.39. The molecule has 2 heterocycles. The minimum Gasteiger partial charge on any atom is -0.426 e. The summed E-state index contributed by atoms with van der Waals surface area (Å²) in [5.74, 6) is -0.739. The van der Waals surface area contributed by atoms with Crippen molar-refractivity contribution in [3.63, 3.8) is 0 Å². The van der Waals surface area contributed by atoms with Gasteiger partial charge in [-0.3, -0.25) is 10.1 Å². The first-order valence-corrected chi connectivity index (χ1v) is 7.99. The smallest absolute Gasteiger partial charge is 0.426 e. The van der Waals surface area contributed by atoms with Gasteiger partial charge in [-0.05, 0) is 30.3 Å². The molecule has 11 heteroatoms. The van der Waals surface area contributed by atoms with E-state index in [-0.39, 0.29) is 22.8 Å². The highest BCUT2D eigenvalue weighted by Gasteiger charge is 2.62. The number of hydrogen-bond donors (Lipinski definition) is 2. The maximum Gasteiger partial charge on any atom is 0.434 e. The van der Waals surface area contributed by atoms with E-state index in [0.717, 1.165) is 6.07 Å². The standard InChI is InChI=1S/C16H12ClF3N4O3/c17-9-3-4-12-11(6-9)15(16(18,19)20,27-14(26)23-12)8-21-13(25)7-10-2-1-5-22-24-10/h1-6H,7-8H2,(H,21,25)(H,23,26). The van der Waals surface area contributed by atoms with Gasteiger partial charge in [-0.2, -0.15) is 23.4 Å². The number of carbonyl (C=O) groups is 2. The molecular formula is C16H12ClF3N4O3. The molecule has 1 aromatic heterocycles. The van der Waals surface area contributed by atoms with Crippen LogP contribution in [0.15, 0.2) is 36.5 Å². The number of fused-ring (bicyclic) bond motifs is 1. The van der Waals surface area contributed by atoms with E-state index in [4.69, 9.17) is 11.6 Å². The number of anilines is 1. The molecule has 0 aliphatic carbocycles. The Morgan fingerprint density at radius 1 is 1.33 bits per heavy atom. The van der Waals surface area contributed by atoms with Crippen LogP contribution in [0.4, 0.5) is 23.7 Å². The summed E-state index contributed by atoms with van der Waals surface area (Å²) in [7, 11) is 0. The van der Waals surface area contributed by atoms with E-state index >= 15 is 0 Å². The molecule has 0 fully saturated rings. The molecular weight excluding hydrogens is 389 g/mol. The van der Waals surface area contributed by atoms with Gasteiger partial charge in [-0.1, -0.05) is 11.6 Å². The van der Waals surface area contributed by atoms with E-state index in [0.29, 0.717) is 0 Å². The summed E-state index contributed by atoms with van der Waals surface area (Å²) in [6.07, 6.45) is -5.18. The first-order valence-electron chi connectivity index (χ1n) is 7.61. The van der Waals surface area contributed by atoms with E-state index in [1.807, 2.05) is 0 Å². The van der Waals surface area contributed by atoms with Gasteiger partial charge < -0.3 is 10.1 Å². The number of alkyl halides is 3. The number of aromatic nitrogens is 2. The Hall–Kier alpha value is -2.88. The molecule has 1 aromatic carbocycles. The normalized spacial score (nSPS) is 18.9. The fourth-order valence-electron chi connectivity index (χ4n) is 2.63. The topological polar surface area (TPSA) is 93.2 Å². The molecule has 2 amide bonds. The molecule has 3 rings (SSSR count). The van der Waals surface area contributed by atoms with Crippen molar-refractivity contribution in [3.05, 3.63) is 52.8 Å². The summed E-state index contributed by atoms with van der Waals surface area (Å²) in [6.45, 7) is -1.02. The van der Waals surface area contributed by atoms with E-state index < -0.39 is 35.9 Å². The van der Waals surface area contributed by atoms with Crippen LogP contribution >= 0.6 is 11.6 Å². The predicted octanol–water partition coefficient (Wildman–Crippen LogP) is 2.81. The van der Waals surface area contributed by atoms with E-state index in [9.17, 15) is 22.8 Å².